The van der Waals surface area contributed by atoms with Gasteiger partial charge in [0.1, 0.15) is 5.75 Å². The van der Waals surface area contributed by atoms with Crippen molar-refractivity contribution in [2.24, 2.45) is 0 Å². The van der Waals surface area contributed by atoms with E-state index in [1.807, 2.05) is 61.5 Å². The zero-order valence-corrected chi connectivity index (χ0v) is 16.0. The Balaban J connectivity index is 1.77. The standard InChI is InChI=1S/C22H24N2O4/c1-3-27-18-11-7-10-17(14-18)20-19(15(2)23-22(26)24-20)21(25)28-13-12-16-8-5-4-6-9-16/h4-11,14,20H,3,12-13H2,1-2H3,(H2,23,24,26)/t20-/m1/s1. The largest absolute Gasteiger partial charge is 0.494 e. The summed E-state index contributed by atoms with van der Waals surface area (Å²) in [5.41, 5.74) is 2.73. The molecule has 2 aromatic carbocycles. The number of amides is 2. The number of rotatable bonds is 7. The van der Waals surface area contributed by atoms with Crippen LogP contribution in [0.1, 0.15) is 31.0 Å². The maximum Gasteiger partial charge on any atom is 0.338 e. The molecule has 2 aromatic rings. The molecule has 2 N–H and O–H groups in total. The molecule has 0 bridgehead atoms. The third-order valence-electron chi connectivity index (χ3n) is 4.46. The van der Waals surface area contributed by atoms with Crippen LogP contribution in [0.4, 0.5) is 4.79 Å². The van der Waals surface area contributed by atoms with Gasteiger partial charge in [0, 0.05) is 12.1 Å². The second-order valence-electron chi connectivity index (χ2n) is 6.45. The van der Waals surface area contributed by atoms with E-state index in [0.717, 1.165) is 11.1 Å². The molecule has 0 fully saturated rings. The summed E-state index contributed by atoms with van der Waals surface area (Å²) >= 11 is 0. The third kappa shape index (κ3) is 4.71. The molecule has 28 heavy (non-hydrogen) atoms. The molecule has 1 aliphatic rings. The van der Waals surface area contributed by atoms with Crippen molar-refractivity contribution in [2.45, 2.75) is 26.3 Å². The smallest absolute Gasteiger partial charge is 0.338 e. The van der Waals surface area contributed by atoms with Crippen molar-refractivity contribution < 1.29 is 19.1 Å². The Morgan fingerprint density at radius 3 is 2.64 bits per heavy atom. The number of hydrogen-bond acceptors (Lipinski definition) is 4. The van der Waals surface area contributed by atoms with Gasteiger partial charge in [0.05, 0.1) is 24.8 Å². The number of benzene rings is 2. The van der Waals surface area contributed by atoms with Crippen LogP contribution in [0.15, 0.2) is 65.9 Å². The summed E-state index contributed by atoms with van der Waals surface area (Å²) in [7, 11) is 0. The van der Waals surface area contributed by atoms with Crippen LogP contribution in [-0.2, 0) is 16.0 Å². The lowest BCUT2D eigenvalue weighted by atomic mass is 9.95. The number of nitrogens with one attached hydrogen (secondary N) is 2. The maximum atomic E-state index is 12.8. The van der Waals surface area contributed by atoms with Gasteiger partial charge in [-0.15, -0.1) is 0 Å². The molecule has 1 heterocycles. The minimum Gasteiger partial charge on any atom is -0.494 e. The number of esters is 1. The van der Waals surface area contributed by atoms with Crippen LogP contribution in [0.2, 0.25) is 0 Å². The highest BCUT2D eigenvalue weighted by Crippen LogP contribution is 2.29. The van der Waals surface area contributed by atoms with Gasteiger partial charge in [-0.3, -0.25) is 0 Å². The highest BCUT2D eigenvalue weighted by Gasteiger charge is 2.32. The number of allylic oxidation sites excluding steroid dienone is 1. The van der Waals surface area contributed by atoms with E-state index in [2.05, 4.69) is 10.6 Å². The summed E-state index contributed by atoms with van der Waals surface area (Å²) in [6.07, 6.45) is 0.628. The topological polar surface area (TPSA) is 76.7 Å². The lowest BCUT2D eigenvalue weighted by Gasteiger charge is -2.28. The highest BCUT2D eigenvalue weighted by atomic mass is 16.5. The number of carbonyl (C=O) groups is 2. The molecule has 1 aliphatic heterocycles. The molecule has 0 saturated heterocycles. The van der Waals surface area contributed by atoms with E-state index in [1.54, 1.807) is 6.92 Å². The van der Waals surface area contributed by atoms with Gasteiger partial charge in [-0.25, -0.2) is 9.59 Å². The zero-order valence-electron chi connectivity index (χ0n) is 16.0. The first-order valence-electron chi connectivity index (χ1n) is 9.30. The van der Waals surface area contributed by atoms with E-state index < -0.39 is 12.0 Å². The van der Waals surface area contributed by atoms with Crippen molar-refractivity contribution in [1.29, 1.82) is 0 Å². The zero-order chi connectivity index (χ0) is 19.9. The van der Waals surface area contributed by atoms with Gasteiger partial charge >= 0.3 is 12.0 Å². The van der Waals surface area contributed by atoms with Crippen LogP contribution < -0.4 is 15.4 Å². The van der Waals surface area contributed by atoms with Crippen LogP contribution >= 0.6 is 0 Å². The fraction of sp³-hybridized carbons (Fsp3) is 0.273. The number of carbonyl (C=O) groups excluding carboxylic acids is 2. The predicted molar refractivity (Wildman–Crippen MR) is 106 cm³/mol. The van der Waals surface area contributed by atoms with Crippen LogP contribution in [0, 0.1) is 0 Å². The summed E-state index contributed by atoms with van der Waals surface area (Å²) in [4.78, 5) is 24.8. The van der Waals surface area contributed by atoms with Gasteiger partial charge in [0.25, 0.3) is 0 Å². The van der Waals surface area contributed by atoms with Gasteiger partial charge in [0.2, 0.25) is 0 Å². The van der Waals surface area contributed by atoms with Crippen LogP contribution in [0.25, 0.3) is 0 Å². The molecule has 0 unspecified atom stereocenters. The first kappa shape index (κ1) is 19.5. The fourth-order valence-corrected chi connectivity index (χ4v) is 3.15. The van der Waals surface area contributed by atoms with E-state index in [9.17, 15) is 9.59 Å². The van der Waals surface area contributed by atoms with Crippen LogP contribution in [0.5, 0.6) is 5.75 Å². The summed E-state index contributed by atoms with van der Waals surface area (Å²) in [6, 6.07) is 16.2. The van der Waals surface area contributed by atoms with Gasteiger partial charge in [-0.1, -0.05) is 42.5 Å². The molecular weight excluding hydrogens is 356 g/mol. The molecule has 1 atom stereocenters. The molecular formula is C22H24N2O4. The van der Waals surface area contributed by atoms with Crippen molar-refractivity contribution in [3.8, 4) is 5.75 Å². The Morgan fingerprint density at radius 2 is 1.89 bits per heavy atom. The molecule has 6 heteroatoms. The minimum atomic E-state index is -0.599. The van der Waals surface area contributed by atoms with E-state index in [0.29, 0.717) is 30.0 Å². The van der Waals surface area contributed by atoms with E-state index >= 15 is 0 Å². The van der Waals surface area contributed by atoms with Crippen LogP contribution in [0.3, 0.4) is 0 Å². The normalized spacial score (nSPS) is 16.2. The molecule has 146 valence electrons. The summed E-state index contributed by atoms with van der Waals surface area (Å²) in [5, 5.41) is 5.46. The Labute approximate surface area is 164 Å². The summed E-state index contributed by atoms with van der Waals surface area (Å²) < 4.78 is 11.0. The van der Waals surface area contributed by atoms with E-state index in [-0.39, 0.29) is 12.6 Å². The molecule has 0 spiro atoms. The van der Waals surface area contributed by atoms with Crippen LogP contribution in [-0.4, -0.2) is 25.2 Å². The summed E-state index contributed by atoms with van der Waals surface area (Å²) in [6.45, 7) is 4.40. The van der Waals surface area contributed by atoms with Crippen molar-refractivity contribution in [2.75, 3.05) is 13.2 Å². The second kappa shape index (κ2) is 9.08. The molecule has 2 amide bonds. The first-order valence-corrected chi connectivity index (χ1v) is 9.30. The van der Waals surface area contributed by atoms with Gasteiger partial charge in [-0.05, 0) is 37.1 Å². The number of ether oxygens (including phenoxy) is 2. The second-order valence-corrected chi connectivity index (χ2v) is 6.45. The van der Waals surface area contributed by atoms with Gasteiger partial charge in [-0.2, -0.15) is 0 Å². The average molecular weight is 380 g/mol. The number of urea groups is 1. The molecule has 6 nitrogen and oxygen atoms in total. The quantitative estimate of drug-likeness (QED) is 0.721. The molecule has 0 aliphatic carbocycles. The van der Waals surface area contributed by atoms with Crippen molar-refractivity contribution in [3.63, 3.8) is 0 Å². The summed E-state index contributed by atoms with van der Waals surface area (Å²) in [5.74, 6) is 0.231. The Morgan fingerprint density at radius 1 is 1.11 bits per heavy atom. The highest BCUT2D eigenvalue weighted by molar-refractivity contribution is 5.95. The minimum absolute atomic E-state index is 0.263. The lowest BCUT2D eigenvalue weighted by Crippen LogP contribution is -2.45. The SMILES string of the molecule is CCOc1cccc([C@H]2NC(=O)NC(C)=C2C(=O)OCCc2ccccc2)c1. The van der Waals surface area contributed by atoms with Crippen molar-refractivity contribution in [1.82, 2.24) is 10.6 Å². The lowest BCUT2D eigenvalue weighted by molar-refractivity contribution is -0.139. The monoisotopic (exact) mass is 380 g/mol. The first-order chi connectivity index (χ1) is 13.6. The van der Waals surface area contributed by atoms with E-state index in [1.165, 1.54) is 0 Å². The predicted octanol–water partition coefficient (Wildman–Crippen LogP) is 3.50. The molecule has 0 aromatic heterocycles. The average Bonchev–Trinajstić information content (AvgIpc) is 2.68. The van der Waals surface area contributed by atoms with Gasteiger partial charge in [0.15, 0.2) is 0 Å². The fourth-order valence-electron chi connectivity index (χ4n) is 3.15. The molecule has 0 radical (unpaired) electrons. The van der Waals surface area contributed by atoms with Gasteiger partial charge < -0.3 is 20.1 Å². The van der Waals surface area contributed by atoms with Crippen molar-refractivity contribution in [3.05, 3.63) is 77.0 Å². The maximum absolute atomic E-state index is 12.8. The Hall–Kier alpha value is -3.28. The Kier molecular flexibility index (Phi) is 6.32. The van der Waals surface area contributed by atoms with Crippen molar-refractivity contribution >= 4 is 12.0 Å². The molecule has 0 saturated carbocycles. The van der Waals surface area contributed by atoms with E-state index in [4.69, 9.17) is 9.47 Å². The Bertz CT molecular complexity index is 877. The third-order valence-corrected chi connectivity index (χ3v) is 4.46. The molecule has 3 rings (SSSR count). The number of hydrogen-bond donors (Lipinski definition) is 2.